The number of allylic oxidation sites excluding steroid dienone is 1. The highest BCUT2D eigenvalue weighted by molar-refractivity contribution is 6.33. The second kappa shape index (κ2) is 5.11. The van der Waals surface area contributed by atoms with Gasteiger partial charge in [-0.05, 0) is 54.3 Å². The molecule has 2 heterocycles. The zero-order valence-electron chi connectivity index (χ0n) is 15.8. The predicted octanol–water partition coefficient (Wildman–Crippen LogP) is 4.14. The lowest BCUT2D eigenvalue weighted by molar-refractivity contribution is -0.114. The van der Waals surface area contributed by atoms with Crippen LogP contribution in [0.25, 0.3) is 5.57 Å². The largest absolute Gasteiger partial charge is 0.493 e. The van der Waals surface area contributed by atoms with Gasteiger partial charge in [-0.25, -0.2) is 0 Å². The Labute approximate surface area is 158 Å². The molecule has 0 amide bonds. The first kappa shape index (κ1) is 16.3. The zero-order valence-corrected chi connectivity index (χ0v) is 15.8. The van der Waals surface area contributed by atoms with Gasteiger partial charge in [0, 0.05) is 11.1 Å². The van der Waals surface area contributed by atoms with Crippen LogP contribution in [0.3, 0.4) is 0 Å². The molecule has 2 aliphatic heterocycles. The SMILES string of the molecule is COc1cc2c(cc1OC)C1(C)OC2(C)C2=C1C(=O)C(c1ccccc1)=C2. The van der Waals surface area contributed by atoms with Crippen molar-refractivity contribution in [1.29, 1.82) is 0 Å². The highest BCUT2D eigenvalue weighted by atomic mass is 16.5. The molecule has 0 fully saturated rings. The Hall–Kier alpha value is -2.85. The number of ether oxygens (including phenoxy) is 3. The predicted molar refractivity (Wildman–Crippen MR) is 102 cm³/mol. The Kier molecular flexibility index (Phi) is 3.09. The summed E-state index contributed by atoms with van der Waals surface area (Å²) in [7, 11) is 3.24. The molecule has 4 nitrogen and oxygen atoms in total. The van der Waals surface area contributed by atoms with E-state index in [1.165, 1.54) is 0 Å². The lowest BCUT2D eigenvalue weighted by Crippen LogP contribution is -2.26. The molecule has 0 saturated heterocycles. The molecule has 2 unspecified atom stereocenters. The normalized spacial score (nSPS) is 27.6. The Morgan fingerprint density at radius 3 is 2.07 bits per heavy atom. The maximum absolute atomic E-state index is 13.3. The van der Waals surface area contributed by atoms with Crippen LogP contribution in [0.15, 0.2) is 59.7 Å². The standard InChI is InChI=1S/C23H20O4/c1-22-15-11-18(25-3)19(26-4)12-16(15)23(2,27-22)20-17(22)10-14(21(20)24)13-8-6-5-7-9-13/h5-12H,1-4H3. The van der Waals surface area contributed by atoms with Gasteiger partial charge in [0.25, 0.3) is 0 Å². The van der Waals surface area contributed by atoms with Gasteiger partial charge in [0.15, 0.2) is 17.3 Å². The fourth-order valence-corrected chi connectivity index (χ4v) is 4.79. The van der Waals surface area contributed by atoms with Crippen molar-refractivity contribution in [3.8, 4) is 11.5 Å². The average molecular weight is 360 g/mol. The summed E-state index contributed by atoms with van der Waals surface area (Å²) in [6.07, 6.45) is 2.00. The summed E-state index contributed by atoms with van der Waals surface area (Å²) >= 11 is 0. The van der Waals surface area contributed by atoms with Crippen LogP contribution in [-0.4, -0.2) is 20.0 Å². The number of ketones is 1. The maximum Gasteiger partial charge on any atom is 0.193 e. The van der Waals surface area contributed by atoms with Crippen molar-refractivity contribution in [1.82, 2.24) is 0 Å². The van der Waals surface area contributed by atoms with Crippen molar-refractivity contribution >= 4 is 11.4 Å². The maximum atomic E-state index is 13.3. The third-order valence-corrected chi connectivity index (χ3v) is 6.07. The van der Waals surface area contributed by atoms with Crippen LogP contribution in [0.5, 0.6) is 11.5 Å². The Morgan fingerprint density at radius 2 is 1.48 bits per heavy atom. The molecule has 0 N–H and O–H groups in total. The summed E-state index contributed by atoms with van der Waals surface area (Å²) in [5.74, 6) is 1.35. The van der Waals surface area contributed by atoms with Crippen LogP contribution < -0.4 is 9.47 Å². The van der Waals surface area contributed by atoms with Crippen LogP contribution in [0, 0.1) is 0 Å². The van der Waals surface area contributed by atoms with Crippen LogP contribution in [0.2, 0.25) is 0 Å². The molecule has 0 radical (unpaired) electrons. The van der Waals surface area contributed by atoms with E-state index >= 15 is 0 Å². The molecule has 2 aromatic carbocycles. The van der Waals surface area contributed by atoms with E-state index < -0.39 is 11.2 Å². The molecule has 0 aromatic heterocycles. The number of rotatable bonds is 3. The summed E-state index contributed by atoms with van der Waals surface area (Å²) in [4.78, 5) is 13.3. The molecule has 2 atom stereocenters. The molecular formula is C23H20O4. The quantitative estimate of drug-likeness (QED) is 0.825. The van der Waals surface area contributed by atoms with Crippen molar-refractivity contribution in [3.63, 3.8) is 0 Å². The fraction of sp³-hybridized carbons (Fsp3) is 0.261. The van der Waals surface area contributed by atoms with Crippen molar-refractivity contribution in [3.05, 3.63) is 76.4 Å². The summed E-state index contributed by atoms with van der Waals surface area (Å²) in [6.45, 7) is 4.01. The summed E-state index contributed by atoms with van der Waals surface area (Å²) in [5.41, 5.74) is 3.89. The van der Waals surface area contributed by atoms with E-state index in [1.807, 2.05) is 62.4 Å². The van der Waals surface area contributed by atoms with E-state index in [9.17, 15) is 4.79 Å². The average Bonchev–Trinajstić information content (AvgIpc) is 3.24. The second-order valence-electron chi connectivity index (χ2n) is 7.46. The van der Waals surface area contributed by atoms with E-state index in [2.05, 4.69) is 0 Å². The van der Waals surface area contributed by atoms with E-state index in [-0.39, 0.29) is 5.78 Å². The zero-order chi connectivity index (χ0) is 19.0. The summed E-state index contributed by atoms with van der Waals surface area (Å²) in [5, 5.41) is 0. The van der Waals surface area contributed by atoms with Crippen molar-refractivity contribution < 1.29 is 19.0 Å². The number of Topliss-reactive ketones (excluding diaryl/α,β-unsaturated/α-hetero) is 1. The van der Waals surface area contributed by atoms with Gasteiger partial charge in [0.1, 0.15) is 11.2 Å². The van der Waals surface area contributed by atoms with Gasteiger partial charge >= 0.3 is 0 Å². The molecule has 4 heteroatoms. The van der Waals surface area contributed by atoms with E-state index in [4.69, 9.17) is 14.2 Å². The molecule has 136 valence electrons. The Bertz CT molecular complexity index is 1060. The minimum absolute atomic E-state index is 0.0443. The smallest absolute Gasteiger partial charge is 0.193 e. The van der Waals surface area contributed by atoms with Gasteiger partial charge < -0.3 is 14.2 Å². The van der Waals surface area contributed by atoms with Gasteiger partial charge in [0.05, 0.1) is 14.2 Å². The number of hydrogen-bond acceptors (Lipinski definition) is 4. The molecule has 1 aliphatic carbocycles. The van der Waals surface area contributed by atoms with Gasteiger partial charge in [-0.3, -0.25) is 4.79 Å². The first-order valence-corrected chi connectivity index (χ1v) is 8.98. The van der Waals surface area contributed by atoms with Crippen LogP contribution in [0.1, 0.15) is 30.5 Å². The lowest BCUT2D eigenvalue weighted by Gasteiger charge is -2.25. The molecule has 0 saturated carbocycles. The van der Waals surface area contributed by atoms with Crippen molar-refractivity contribution in [2.24, 2.45) is 0 Å². The van der Waals surface area contributed by atoms with Gasteiger partial charge in [-0.1, -0.05) is 30.3 Å². The number of hydrogen-bond donors (Lipinski definition) is 0. The van der Waals surface area contributed by atoms with Crippen LogP contribution in [0.4, 0.5) is 0 Å². The summed E-state index contributed by atoms with van der Waals surface area (Å²) < 4.78 is 17.5. The highest BCUT2D eigenvalue weighted by Gasteiger charge is 2.63. The van der Waals surface area contributed by atoms with Gasteiger partial charge in [0.2, 0.25) is 0 Å². The number of carbonyl (C=O) groups is 1. The molecular weight excluding hydrogens is 340 g/mol. The number of methoxy groups -OCH3 is 2. The first-order chi connectivity index (χ1) is 12.9. The monoisotopic (exact) mass is 360 g/mol. The molecule has 27 heavy (non-hydrogen) atoms. The molecule has 2 bridgehead atoms. The number of fused-ring (bicyclic) bond motifs is 7. The third-order valence-electron chi connectivity index (χ3n) is 6.07. The van der Waals surface area contributed by atoms with Crippen LogP contribution in [-0.2, 0) is 20.7 Å². The number of carbonyl (C=O) groups excluding carboxylic acids is 1. The van der Waals surface area contributed by atoms with Crippen molar-refractivity contribution in [2.45, 2.75) is 25.0 Å². The van der Waals surface area contributed by atoms with E-state index in [0.717, 1.165) is 33.4 Å². The lowest BCUT2D eigenvalue weighted by atomic mass is 9.74. The Balaban J connectivity index is 1.71. The van der Waals surface area contributed by atoms with Gasteiger partial charge in [-0.2, -0.15) is 0 Å². The highest BCUT2D eigenvalue weighted by Crippen LogP contribution is 2.65. The second-order valence-corrected chi connectivity index (χ2v) is 7.46. The number of benzene rings is 2. The molecule has 0 spiro atoms. The van der Waals surface area contributed by atoms with E-state index in [0.29, 0.717) is 11.5 Å². The van der Waals surface area contributed by atoms with Crippen molar-refractivity contribution in [2.75, 3.05) is 14.2 Å². The molecule has 5 rings (SSSR count). The third kappa shape index (κ3) is 1.83. The summed E-state index contributed by atoms with van der Waals surface area (Å²) in [6, 6.07) is 13.7. The molecule has 3 aliphatic rings. The van der Waals surface area contributed by atoms with Gasteiger partial charge in [-0.15, -0.1) is 0 Å². The van der Waals surface area contributed by atoms with Crippen LogP contribution >= 0.6 is 0 Å². The fourth-order valence-electron chi connectivity index (χ4n) is 4.79. The minimum atomic E-state index is -0.789. The topological polar surface area (TPSA) is 44.8 Å². The Morgan fingerprint density at radius 1 is 0.889 bits per heavy atom. The van der Waals surface area contributed by atoms with E-state index in [1.54, 1.807) is 14.2 Å². The molecule has 2 aromatic rings. The minimum Gasteiger partial charge on any atom is -0.493 e. The first-order valence-electron chi connectivity index (χ1n) is 8.98.